The first-order valence-corrected chi connectivity index (χ1v) is 12.6. The lowest BCUT2D eigenvalue weighted by molar-refractivity contribution is -0.140. The molecule has 184 valence electrons. The molecule has 0 radical (unpaired) electrons. The summed E-state index contributed by atoms with van der Waals surface area (Å²) in [6.07, 6.45) is 8.69. The second-order valence-electron chi connectivity index (χ2n) is 9.26. The van der Waals surface area contributed by atoms with Gasteiger partial charge >= 0.3 is 0 Å². The highest BCUT2D eigenvalue weighted by atomic mass is 19.1. The van der Waals surface area contributed by atoms with Crippen molar-refractivity contribution in [3.05, 3.63) is 36.1 Å². The van der Waals surface area contributed by atoms with E-state index in [1.807, 2.05) is 13.8 Å². The molecule has 0 spiro atoms. The van der Waals surface area contributed by atoms with Crippen molar-refractivity contribution in [1.29, 1.82) is 0 Å². The van der Waals surface area contributed by atoms with E-state index in [1.54, 1.807) is 25.3 Å². The standard InChI is InChI=1S/C19H36N2O2.C6H5F.C2H6/c1-15(2)20-18(22)19(17-8-6-5-7-9-17)10-12-21(13-11-19)14-16(3)23-4;7-6-4-2-1-3-5-6;1-2/h15-17H,5-14H2,1-4H3,(H,20,22);1-5H;1-2H3. The lowest BCUT2D eigenvalue weighted by Gasteiger charge is -2.47. The molecule has 1 saturated heterocycles. The fourth-order valence-electron chi connectivity index (χ4n) is 4.87. The third-order valence-corrected chi connectivity index (χ3v) is 6.66. The van der Waals surface area contributed by atoms with Crippen molar-refractivity contribution < 1.29 is 13.9 Å². The Bertz CT molecular complexity index is 609. The molecule has 1 aliphatic heterocycles. The second-order valence-corrected chi connectivity index (χ2v) is 9.26. The van der Waals surface area contributed by atoms with E-state index >= 15 is 0 Å². The molecule has 32 heavy (non-hydrogen) atoms. The lowest BCUT2D eigenvalue weighted by Crippen LogP contribution is -2.54. The minimum atomic E-state index is -0.178. The summed E-state index contributed by atoms with van der Waals surface area (Å²) in [4.78, 5) is 15.5. The van der Waals surface area contributed by atoms with E-state index < -0.39 is 0 Å². The molecule has 0 bridgehead atoms. The number of hydrogen-bond donors (Lipinski definition) is 1. The molecule has 1 aromatic carbocycles. The number of halogens is 1. The number of carbonyl (C=O) groups is 1. The van der Waals surface area contributed by atoms with Gasteiger partial charge in [-0.05, 0) is 77.6 Å². The van der Waals surface area contributed by atoms with Crippen LogP contribution in [0, 0.1) is 17.2 Å². The Morgan fingerprint density at radius 3 is 2.09 bits per heavy atom. The van der Waals surface area contributed by atoms with Gasteiger partial charge in [-0.2, -0.15) is 0 Å². The monoisotopic (exact) mass is 450 g/mol. The van der Waals surface area contributed by atoms with Crippen molar-refractivity contribution >= 4 is 5.91 Å². The smallest absolute Gasteiger partial charge is 0.226 e. The predicted octanol–water partition coefficient (Wildman–Crippen LogP) is 6.06. The minimum Gasteiger partial charge on any atom is -0.380 e. The molecular weight excluding hydrogens is 403 g/mol. The van der Waals surface area contributed by atoms with Crippen LogP contribution in [0.15, 0.2) is 30.3 Å². The van der Waals surface area contributed by atoms with E-state index in [9.17, 15) is 9.18 Å². The maximum atomic E-state index is 13.1. The predicted molar refractivity (Wildman–Crippen MR) is 132 cm³/mol. The molecule has 1 heterocycles. The Kier molecular flexibility index (Phi) is 13.7. The second kappa shape index (κ2) is 15.4. The number of hydrogen-bond acceptors (Lipinski definition) is 3. The van der Waals surface area contributed by atoms with Gasteiger partial charge in [-0.1, -0.05) is 51.3 Å². The number of benzene rings is 1. The maximum Gasteiger partial charge on any atom is 0.226 e. The number of carbonyl (C=O) groups excluding carboxylic acids is 1. The lowest BCUT2D eigenvalue weighted by atomic mass is 9.63. The number of nitrogens with zero attached hydrogens (tertiary/aromatic N) is 1. The fraction of sp³-hybridized carbons (Fsp3) is 0.741. The summed E-state index contributed by atoms with van der Waals surface area (Å²) in [5.74, 6) is 0.721. The van der Waals surface area contributed by atoms with E-state index in [1.165, 1.54) is 44.2 Å². The fourth-order valence-corrected chi connectivity index (χ4v) is 4.87. The van der Waals surface area contributed by atoms with Gasteiger partial charge in [0, 0.05) is 19.7 Å². The van der Waals surface area contributed by atoms with E-state index in [2.05, 4.69) is 31.0 Å². The quantitative estimate of drug-likeness (QED) is 0.573. The zero-order chi connectivity index (χ0) is 24.0. The Morgan fingerprint density at radius 2 is 1.66 bits per heavy atom. The van der Waals surface area contributed by atoms with E-state index in [4.69, 9.17) is 4.74 Å². The van der Waals surface area contributed by atoms with Crippen molar-refractivity contribution in [2.24, 2.45) is 11.3 Å². The van der Waals surface area contributed by atoms with Crippen molar-refractivity contribution in [3.8, 4) is 0 Å². The molecule has 1 aromatic rings. The van der Waals surface area contributed by atoms with Crippen LogP contribution in [0.1, 0.15) is 79.6 Å². The minimum absolute atomic E-state index is 0.127. The highest BCUT2D eigenvalue weighted by Gasteiger charge is 2.47. The summed E-state index contributed by atoms with van der Waals surface area (Å²) in [5, 5.41) is 3.24. The molecule has 2 fully saturated rings. The van der Waals surface area contributed by atoms with E-state index in [0.29, 0.717) is 11.8 Å². The SMILES string of the molecule is CC.COC(C)CN1CCC(C(=O)NC(C)C)(C2CCCCC2)CC1.Fc1ccccc1. The summed E-state index contributed by atoms with van der Waals surface area (Å²) >= 11 is 0. The van der Waals surface area contributed by atoms with Gasteiger partial charge < -0.3 is 15.0 Å². The molecule has 1 N–H and O–H groups in total. The Balaban J connectivity index is 0.000000477. The summed E-state index contributed by atoms with van der Waals surface area (Å²) in [6.45, 7) is 13.3. The molecule has 0 aromatic heterocycles. The topological polar surface area (TPSA) is 41.6 Å². The van der Waals surface area contributed by atoms with Gasteiger partial charge in [0.05, 0.1) is 11.5 Å². The Hall–Kier alpha value is -1.46. The number of rotatable bonds is 6. The first kappa shape index (κ1) is 28.6. The molecule has 2 aliphatic rings. The van der Waals surface area contributed by atoms with Crippen LogP contribution in [-0.4, -0.2) is 49.7 Å². The third-order valence-electron chi connectivity index (χ3n) is 6.66. The van der Waals surface area contributed by atoms with Crippen LogP contribution >= 0.6 is 0 Å². The van der Waals surface area contributed by atoms with Crippen molar-refractivity contribution in [1.82, 2.24) is 10.2 Å². The summed E-state index contributed by atoms with van der Waals surface area (Å²) < 4.78 is 17.3. The highest BCUT2D eigenvalue weighted by Crippen LogP contribution is 2.46. The van der Waals surface area contributed by atoms with Crippen LogP contribution in [0.5, 0.6) is 0 Å². The summed E-state index contributed by atoms with van der Waals surface area (Å²) in [7, 11) is 1.77. The average molecular weight is 451 g/mol. The molecule has 1 saturated carbocycles. The summed E-state index contributed by atoms with van der Waals surface area (Å²) in [5.41, 5.74) is -0.127. The van der Waals surface area contributed by atoms with Gasteiger partial charge in [0.15, 0.2) is 0 Å². The van der Waals surface area contributed by atoms with Gasteiger partial charge in [0.1, 0.15) is 5.82 Å². The molecule has 5 heteroatoms. The summed E-state index contributed by atoms with van der Waals surface area (Å²) in [6, 6.07) is 8.17. The van der Waals surface area contributed by atoms with Crippen molar-refractivity contribution in [3.63, 3.8) is 0 Å². The number of ether oxygens (including phenoxy) is 1. The van der Waals surface area contributed by atoms with Crippen LogP contribution < -0.4 is 5.32 Å². The van der Waals surface area contributed by atoms with Crippen molar-refractivity contribution in [2.45, 2.75) is 91.7 Å². The van der Waals surface area contributed by atoms with Crippen LogP contribution in [0.25, 0.3) is 0 Å². The van der Waals surface area contributed by atoms with Crippen LogP contribution in [0.4, 0.5) is 4.39 Å². The molecule has 4 nitrogen and oxygen atoms in total. The van der Waals surface area contributed by atoms with E-state index in [0.717, 1.165) is 32.5 Å². The highest BCUT2D eigenvalue weighted by molar-refractivity contribution is 5.83. The van der Waals surface area contributed by atoms with E-state index in [-0.39, 0.29) is 23.4 Å². The van der Waals surface area contributed by atoms with Crippen LogP contribution in [-0.2, 0) is 9.53 Å². The number of methoxy groups -OCH3 is 1. The van der Waals surface area contributed by atoms with Gasteiger partial charge in [-0.3, -0.25) is 4.79 Å². The molecule has 1 aliphatic carbocycles. The third kappa shape index (κ3) is 9.19. The molecule has 1 amide bonds. The number of piperidine rings is 1. The molecule has 3 rings (SSSR count). The van der Waals surface area contributed by atoms with Gasteiger partial charge in [0.2, 0.25) is 5.91 Å². The maximum absolute atomic E-state index is 13.1. The largest absolute Gasteiger partial charge is 0.380 e. The Morgan fingerprint density at radius 1 is 1.09 bits per heavy atom. The number of nitrogens with one attached hydrogen (secondary N) is 1. The first-order valence-electron chi connectivity index (χ1n) is 12.6. The van der Waals surface area contributed by atoms with Gasteiger partial charge in [-0.15, -0.1) is 0 Å². The van der Waals surface area contributed by atoms with Crippen LogP contribution in [0.3, 0.4) is 0 Å². The average Bonchev–Trinajstić information content (AvgIpc) is 2.82. The number of amides is 1. The molecule has 1 unspecified atom stereocenters. The van der Waals surface area contributed by atoms with Crippen molar-refractivity contribution in [2.75, 3.05) is 26.7 Å². The zero-order valence-electron chi connectivity index (χ0n) is 21.3. The Labute approximate surface area is 196 Å². The number of likely N-dealkylation sites (tertiary alicyclic amines) is 1. The van der Waals surface area contributed by atoms with Gasteiger partial charge in [-0.25, -0.2) is 4.39 Å². The normalized spacial score (nSPS) is 19.8. The molecule has 1 atom stereocenters. The molecular formula is C27H47FN2O2. The zero-order valence-corrected chi connectivity index (χ0v) is 21.3. The van der Waals surface area contributed by atoms with Gasteiger partial charge in [0.25, 0.3) is 0 Å². The first-order chi connectivity index (χ1) is 15.4. The van der Waals surface area contributed by atoms with Crippen LogP contribution in [0.2, 0.25) is 0 Å².